The van der Waals surface area contributed by atoms with Crippen LogP contribution in [0.1, 0.15) is 6.93 Å². The SMILES string of the molecule is [2H]C(Cc1c[nH]c2ccccc12)N(C)C. The highest BCUT2D eigenvalue weighted by Gasteiger charge is 2.02. The van der Waals surface area contributed by atoms with Crippen molar-refractivity contribution in [3.8, 4) is 0 Å². The lowest BCUT2D eigenvalue weighted by Gasteiger charge is -2.07. The molecule has 1 atom stereocenters. The van der Waals surface area contributed by atoms with E-state index in [9.17, 15) is 0 Å². The van der Waals surface area contributed by atoms with E-state index in [-0.39, 0.29) is 6.52 Å². The molecule has 2 rings (SSSR count). The minimum atomic E-state index is -0.177. The summed E-state index contributed by atoms with van der Waals surface area (Å²) in [7, 11) is 3.87. The summed E-state index contributed by atoms with van der Waals surface area (Å²) in [5.74, 6) is 0. The van der Waals surface area contributed by atoms with Crippen LogP contribution in [0.2, 0.25) is 0 Å². The predicted octanol–water partition coefficient (Wildman–Crippen LogP) is 2.27. The fourth-order valence-electron chi connectivity index (χ4n) is 1.58. The number of aryl methyl sites for hydroxylation is 1. The highest BCUT2D eigenvalue weighted by Crippen LogP contribution is 2.17. The van der Waals surface area contributed by atoms with Gasteiger partial charge in [-0.1, -0.05) is 18.2 Å². The molecule has 1 heterocycles. The van der Waals surface area contributed by atoms with E-state index in [2.05, 4.69) is 17.1 Å². The summed E-state index contributed by atoms with van der Waals surface area (Å²) in [5.41, 5.74) is 2.37. The number of para-hydroxylation sites is 1. The van der Waals surface area contributed by atoms with Crippen molar-refractivity contribution in [1.29, 1.82) is 0 Å². The normalized spacial score (nSPS) is 14.6. The molecule has 0 fully saturated rings. The third kappa shape index (κ3) is 1.80. The maximum absolute atomic E-state index is 7.89. The highest BCUT2D eigenvalue weighted by atomic mass is 15.0. The van der Waals surface area contributed by atoms with Crippen molar-refractivity contribution in [3.63, 3.8) is 0 Å². The zero-order valence-corrected chi connectivity index (χ0v) is 8.62. The smallest absolute Gasteiger partial charge is 0.0456 e. The average molecular weight is 189 g/mol. The van der Waals surface area contributed by atoms with Gasteiger partial charge in [-0.3, -0.25) is 0 Å². The van der Waals surface area contributed by atoms with Gasteiger partial charge in [0, 0.05) is 25.0 Å². The zero-order chi connectivity index (χ0) is 10.8. The Hall–Kier alpha value is -1.28. The quantitative estimate of drug-likeness (QED) is 0.784. The van der Waals surface area contributed by atoms with Crippen molar-refractivity contribution in [1.82, 2.24) is 9.88 Å². The number of hydrogen-bond acceptors (Lipinski definition) is 1. The third-order valence-corrected chi connectivity index (χ3v) is 2.35. The fourth-order valence-corrected chi connectivity index (χ4v) is 1.58. The van der Waals surface area contributed by atoms with Crippen LogP contribution in [0.25, 0.3) is 10.9 Å². The average Bonchev–Trinajstić information content (AvgIpc) is 2.62. The second-order valence-electron chi connectivity index (χ2n) is 3.71. The molecule has 0 saturated heterocycles. The Morgan fingerprint density at radius 1 is 1.36 bits per heavy atom. The van der Waals surface area contributed by atoms with Gasteiger partial charge in [0.15, 0.2) is 0 Å². The number of nitrogens with one attached hydrogen (secondary N) is 1. The van der Waals surface area contributed by atoms with E-state index in [0.717, 1.165) is 11.9 Å². The molecule has 0 aliphatic carbocycles. The number of likely N-dealkylation sites (N-methyl/N-ethyl adjacent to an activating group) is 1. The number of benzene rings is 1. The van der Waals surface area contributed by atoms with Crippen molar-refractivity contribution in [2.75, 3.05) is 20.6 Å². The van der Waals surface area contributed by atoms with E-state index < -0.39 is 0 Å². The van der Waals surface area contributed by atoms with Gasteiger partial charge in [-0.15, -0.1) is 0 Å². The molecule has 74 valence electrons. The van der Waals surface area contributed by atoms with Crippen molar-refractivity contribution >= 4 is 10.9 Å². The van der Waals surface area contributed by atoms with Gasteiger partial charge in [0.25, 0.3) is 0 Å². The lowest BCUT2D eigenvalue weighted by Crippen LogP contribution is -2.14. The molecule has 1 unspecified atom stereocenters. The predicted molar refractivity (Wildman–Crippen MR) is 60.6 cm³/mol. The number of H-pyrrole nitrogens is 1. The lowest BCUT2D eigenvalue weighted by atomic mass is 10.1. The van der Waals surface area contributed by atoms with E-state index in [4.69, 9.17) is 1.37 Å². The van der Waals surface area contributed by atoms with Crippen LogP contribution in [0, 0.1) is 0 Å². The summed E-state index contributed by atoms with van der Waals surface area (Å²) >= 11 is 0. The summed E-state index contributed by atoms with van der Waals surface area (Å²) in [6.07, 6.45) is 2.77. The highest BCUT2D eigenvalue weighted by molar-refractivity contribution is 5.83. The monoisotopic (exact) mass is 189 g/mol. The zero-order valence-electron chi connectivity index (χ0n) is 9.62. The molecule has 2 aromatic rings. The first kappa shape index (κ1) is 8.06. The van der Waals surface area contributed by atoms with Crippen LogP contribution in [-0.2, 0) is 6.42 Å². The van der Waals surface area contributed by atoms with Gasteiger partial charge < -0.3 is 9.88 Å². The van der Waals surface area contributed by atoms with Gasteiger partial charge in [0.2, 0.25) is 0 Å². The molecule has 0 bridgehead atoms. The Bertz CT molecular complexity index is 448. The second kappa shape index (κ2) is 3.84. The van der Waals surface area contributed by atoms with Crippen LogP contribution >= 0.6 is 0 Å². The fraction of sp³-hybridized carbons (Fsp3) is 0.333. The Morgan fingerprint density at radius 3 is 2.93 bits per heavy atom. The molecule has 0 aliphatic rings. The Morgan fingerprint density at radius 2 is 2.14 bits per heavy atom. The topological polar surface area (TPSA) is 19.0 Å². The molecule has 2 nitrogen and oxygen atoms in total. The van der Waals surface area contributed by atoms with Crippen LogP contribution in [0.3, 0.4) is 0 Å². The van der Waals surface area contributed by atoms with Gasteiger partial charge in [0.1, 0.15) is 0 Å². The first-order valence-electron chi connectivity index (χ1n) is 5.40. The lowest BCUT2D eigenvalue weighted by molar-refractivity contribution is 0.414. The molecule has 0 amide bonds. The van der Waals surface area contributed by atoms with Gasteiger partial charge in [0.05, 0.1) is 0 Å². The molecule has 1 N–H and O–H groups in total. The summed E-state index contributed by atoms with van der Waals surface area (Å²) in [6.45, 7) is -0.177. The van der Waals surface area contributed by atoms with Gasteiger partial charge in [-0.2, -0.15) is 0 Å². The van der Waals surface area contributed by atoms with Crippen LogP contribution in [0.4, 0.5) is 0 Å². The van der Waals surface area contributed by atoms with Gasteiger partial charge >= 0.3 is 0 Å². The number of nitrogens with zero attached hydrogens (tertiary/aromatic N) is 1. The van der Waals surface area contributed by atoms with E-state index in [0.29, 0.717) is 0 Å². The Kier molecular flexibility index (Phi) is 2.21. The molecular weight excluding hydrogens is 172 g/mol. The number of aromatic amines is 1. The number of rotatable bonds is 3. The first-order chi connectivity index (χ1) is 7.18. The number of aromatic nitrogens is 1. The van der Waals surface area contributed by atoms with E-state index in [1.165, 1.54) is 10.9 Å². The first-order valence-corrected chi connectivity index (χ1v) is 4.82. The largest absolute Gasteiger partial charge is 0.361 e. The maximum Gasteiger partial charge on any atom is 0.0456 e. The Balaban J connectivity index is 2.29. The van der Waals surface area contributed by atoms with Crippen LogP contribution in [-0.4, -0.2) is 30.5 Å². The standard InChI is InChI=1S/C12H16N2/c1-14(2)8-7-10-9-13-12-6-4-3-5-11(10)12/h3-6,9,13H,7-8H2,1-2H3/i8D. The minimum Gasteiger partial charge on any atom is -0.361 e. The van der Waals surface area contributed by atoms with Crippen molar-refractivity contribution in [2.45, 2.75) is 6.42 Å². The van der Waals surface area contributed by atoms with Gasteiger partial charge in [-0.25, -0.2) is 0 Å². The summed E-state index contributed by atoms with van der Waals surface area (Å²) in [4.78, 5) is 5.15. The number of fused-ring (bicyclic) bond motifs is 1. The second-order valence-corrected chi connectivity index (χ2v) is 3.71. The molecule has 0 aliphatic heterocycles. The van der Waals surface area contributed by atoms with Gasteiger partial charge in [-0.05, 0) is 32.1 Å². The summed E-state index contributed by atoms with van der Waals surface area (Å²) in [5, 5.41) is 1.23. The molecule has 0 spiro atoms. The molecule has 1 aromatic heterocycles. The molecule has 0 saturated carbocycles. The van der Waals surface area contributed by atoms with Crippen molar-refractivity contribution < 1.29 is 1.37 Å². The van der Waals surface area contributed by atoms with Crippen molar-refractivity contribution in [3.05, 3.63) is 36.0 Å². The molecule has 0 radical (unpaired) electrons. The summed E-state index contributed by atoms with van der Waals surface area (Å²) < 4.78 is 7.89. The molecular formula is C12H16N2. The van der Waals surface area contributed by atoms with Crippen LogP contribution < -0.4 is 0 Å². The molecule has 14 heavy (non-hydrogen) atoms. The third-order valence-electron chi connectivity index (χ3n) is 2.35. The maximum atomic E-state index is 7.89. The van der Waals surface area contributed by atoms with E-state index in [1.54, 1.807) is 0 Å². The van der Waals surface area contributed by atoms with Crippen LogP contribution in [0.5, 0.6) is 0 Å². The van der Waals surface area contributed by atoms with Crippen LogP contribution in [0.15, 0.2) is 30.5 Å². The minimum absolute atomic E-state index is 0.177. The molecule has 2 heteroatoms. The Labute approximate surface area is 85.9 Å². The van der Waals surface area contributed by atoms with Crippen molar-refractivity contribution in [2.24, 2.45) is 0 Å². The van der Waals surface area contributed by atoms with E-state index >= 15 is 0 Å². The van der Waals surface area contributed by atoms with E-state index in [1.807, 2.05) is 37.3 Å². The number of hydrogen-bond donors (Lipinski definition) is 1. The molecule has 1 aromatic carbocycles. The summed E-state index contributed by atoms with van der Waals surface area (Å²) in [6, 6.07) is 8.22.